The lowest BCUT2D eigenvalue weighted by molar-refractivity contribution is 0.756. The molecular weight excluding hydrogens is 244 g/mol. The maximum absolute atomic E-state index is 4.54. The van der Waals surface area contributed by atoms with Crippen molar-refractivity contribution in [3.8, 4) is 0 Å². The standard InChI is InChI=1S/C13H22N4S/c1-8-7-11(8)17-13(14-4)15-6-5-12-16-9(2)10(3)18-12/h8,11H,5-7H2,1-4H3,(H2,14,15,17). The van der Waals surface area contributed by atoms with Gasteiger partial charge in [-0.3, -0.25) is 4.99 Å². The minimum atomic E-state index is 0.612. The van der Waals surface area contributed by atoms with Crippen LogP contribution in [0, 0.1) is 19.8 Å². The number of aromatic nitrogens is 1. The molecule has 5 heteroatoms. The summed E-state index contributed by atoms with van der Waals surface area (Å²) in [6, 6.07) is 0.612. The van der Waals surface area contributed by atoms with Crippen molar-refractivity contribution in [1.29, 1.82) is 0 Å². The maximum atomic E-state index is 4.54. The molecule has 18 heavy (non-hydrogen) atoms. The molecule has 1 fully saturated rings. The van der Waals surface area contributed by atoms with Gasteiger partial charge in [-0.25, -0.2) is 4.98 Å². The first kappa shape index (κ1) is 13.3. The first-order chi connectivity index (χ1) is 8.60. The quantitative estimate of drug-likeness (QED) is 0.646. The average molecular weight is 266 g/mol. The Bertz CT molecular complexity index is 419. The molecule has 0 bridgehead atoms. The van der Waals surface area contributed by atoms with E-state index < -0.39 is 0 Å². The number of hydrogen-bond acceptors (Lipinski definition) is 3. The fourth-order valence-electron chi connectivity index (χ4n) is 1.83. The molecule has 1 aromatic heterocycles. The van der Waals surface area contributed by atoms with Crippen LogP contribution in [0.5, 0.6) is 0 Å². The summed E-state index contributed by atoms with van der Waals surface area (Å²) in [5.74, 6) is 1.70. The molecule has 100 valence electrons. The lowest BCUT2D eigenvalue weighted by Gasteiger charge is -2.10. The predicted octanol–water partition coefficient (Wildman–Crippen LogP) is 1.88. The topological polar surface area (TPSA) is 49.3 Å². The summed E-state index contributed by atoms with van der Waals surface area (Å²) in [6.07, 6.45) is 2.21. The molecule has 1 heterocycles. The van der Waals surface area contributed by atoms with Crippen LogP contribution in [0.2, 0.25) is 0 Å². The molecule has 0 radical (unpaired) electrons. The number of rotatable bonds is 4. The van der Waals surface area contributed by atoms with Gasteiger partial charge in [0.25, 0.3) is 0 Å². The fraction of sp³-hybridized carbons (Fsp3) is 0.692. The van der Waals surface area contributed by atoms with E-state index in [9.17, 15) is 0 Å². The summed E-state index contributed by atoms with van der Waals surface area (Å²) in [4.78, 5) is 10.1. The summed E-state index contributed by atoms with van der Waals surface area (Å²) in [6.45, 7) is 7.33. The van der Waals surface area contributed by atoms with Gasteiger partial charge in [-0.15, -0.1) is 11.3 Å². The van der Waals surface area contributed by atoms with Gasteiger partial charge in [0.1, 0.15) is 0 Å². The van der Waals surface area contributed by atoms with Crippen molar-refractivity contribution in [3.05, 3.63) is 15.6 Å². The van der Waals surface area contributed by atoms with E-state index in [-0.39, 0.29) is 0 Å². The molecule has 1 aromatic rings. The van der Waals surface area contributed by atoms with Crippen molar-refractivity contribution in [2.24, 2.45) is 10.9 Å². The van der Waals surface area contributed by atoms with Crippen LogP contribution in [0.4, 0.5) is 0 Å². The highest BCUT2D eigenvalue weighted by molar-refractivity contribution is 7.11. The lowest BCUT2D eigenvalue weighted by atomic mass is 10.4. The van der Waals surface area contributed by atoms with E-state index in [1.807, 2.05) is 7.05 Å². The monoisotopic (exact) mass is 266 g/mol. The van der Waals surface area contributed by atoms with E-state index in [0.29, 0.717) is 6.04 Å². The number of hydrogen-bond donors (Lipinski definition) is 2. The summed E-state index contributed by atoms with van der Waals surface area (Å²) >= 11 is 1.79. The second-order valence-electron chi connectivity index (χ2n) is 4.96. The third-order valence-corrected chi connectivity index (χ3v) is 4.49. The van der Waals surface area contributed by atoms with E-state index in [0.717, 1.165) is 30.5 Å². The summed E-state index contributed by atoms with van der Waals surface area (Å²) < 4.78 is 0. The van der Waals surface area contributed by atoms with Gasteiger partial charge in [-0.2, -0.15) is 0 Å². The SMILES string of the molecule is CN=C(NCCc1nc(C)c(C)s1)NC1CC1C. The number of guanidine groups is 1. The average Bonchev–Trinajstić information content (AvgIpc) is 2.93. The zero-order chi connectivity index (χ0) is 13.1. The van der Waals surface area contributed by atoms with Crippen molar-refractivity contribution in [2.45, 2.75) is 39.7 Å². The highest BCUT2D eigenvalue weighted by atomic mass is 32.1. The van der Waals surface area contributed by atoms with E-state index in [1.165, 1.54) is 16.3 Å². The number of aliphatic imine (C=N–C) groups is 1. The van der Waals surface area contributed by atoms with Crippen LogP contribution in [0.3, 0.4) is 0 Å². The zero-order valence-electron chi connectivity index (χ0n) is 11.6. The molecule has 2 unspecified atom stereocenters. The molecule has 0 aliphatic heterocycles. The molecule has 0 amide bonds. The van der Waals surface area contributed by atoms with Gasteiger partial charge in [-0.05, 0) is 26.2 Å². The normalized spacial score (nSPS) is 23.0. The van der Waals surface area contributed by atoms with Crippen molar-refractivity contribution in [2.75, 3.05) is 13.6 Å². The second kappa shape index (κ2) is 5.69. The molecule has 2 N–H and O–H groups in total. The minimum absolute atomic E-state index is 0.612. The van der Waals surface area contributed by atoms with Crippen molar-refractivity contribution < 1.29 is 0 Å². The number of thiazole rings is 1. The molecule has 1 aliphatic rings. The Morgan fingerprint density at radius 2 is 2.22 bits per heavy atom. The Morgan fingerprint density at radius 3 is 2.72 bits per heavy atom. The summed E-state index contributed by atoms with van der Waals surface area (Å²) in [7, 11) is 1.82. The van der Waals surface area contributed by atoms with Crippen LogP contribution < -0.4 is 10.6 Å². The van der Waals surface area contributed by atoms with E-state index >= 15 is 0 Å². The van der Waals surface area contributed by atoms with Crippen LogP contribution >= 0.6 is 11.3 Å². The van der Waals surface area contributed by atoms with Gasteiger partial charge < -0.3 is 10.6 Å². The zero-order valence-corrected chi connectivity index (χ0v) is 12.4. The van der Waals surface area contributed by atoms with Crippen LogP contribution in [0.15, 0.2) is 4.99 Å². The summed E-state index contributed by atoms with van der Waals surface area (Å²) in [5, 5.41) is 7.96. The van der Waals surface area contributed by atoms with E-state index in [4.69, 9.17) is 0 Å². The first-order valence-corrected chi connectivity index (χ1v) is 7.32. The molecule has 1 saturated carbocycles. The van der Waals surface area contributed by atoms with Crippen molar-refractivity contribution >= 4 is 17.3 Å². The Labute approximate surface area is 113 Å². The van der Waals surface area contributed by atoms with Crippen LogP contribution in [-0.4, -0.2) is 30.6 Å². The second-order valence-corrected chi connectivity index (χ2v) is 6.25. The van der Waals surface area contributed by atoms with Gasteiger partial charge in [-0.1, -0.05) is 6.92 Å². The Balaban J connectivity index is 1.73. The van der Waals surface area contributed by atoms with Gasteiger partial charge in [0, 0.05) is 30.9 Å². The summed E-state index contributed by atoms with van der Waals surface area (Å²) in [5.41, 5.74) is 1.16. The maximum Gasteiger partial charge on any atom is 0.191 e. The third kappa shape index (κ3) is 3.45. The Morgan fingerprint density at radius 1 is 1.50 bits per heavy atom. The van der Waals surface area contributed by atoms with Crippen LogP contribution in [0.25, 0.3) is 0 Å². The van der Waals surface area contributed by atoms with Crippen LogP contribution in [-0.2, 0) is 6.42 Å². The van der Waals surface area contributed by atoms with E-state index in [1.54, 1.807) is 11.3 Å². The van der Waals surface area contributed by atoms with Gasteiger partial charge >= 0.3 is 0 Å². The highest BCUT2D eigenvalue weighted by Crippen LogP contribution is 2.28. The molecule has 2 atom stereocenters. The fourth-order valence-corrected chi connectivity index (χ4v) is 2.76. The third-order valence-electron chi connectivity index (χ3n) is 3.36. The van der Waals surface area contributed by atoms with Gasteiger partial charge in [0.05, 0.1) is 10.7 Å². The number of aryl methyl sites for hydroxylation is 2. The van der Waals surface area contributed by atoms with Crippen molar-refractivity contribution in [3.63, 3.8) is 0 Å². The molecule has 1 aliphatic carbocycles. The van der Waals surface area contributed by atoms with E-state index in [2.05, 4.69) is 41.4 Å². The molecule has 2 rings (SSSR count). The van der Waals surface area contributed by atoms with Crippen molar-refractivity contribution in [1.82, 2.24) is 15.6 Å². The molecule has 0 spiro atoms. The largest absolute Gasteiger partial charge is 0.356 e. The Kier molecular flexibility index (Phi) is 4.22. The molecule has 0 saturated heterocycles. The lowest BCUT2D eigenvalue weighted by Crippen LogP contribution is -2.39. The smallest absolute Gasteiger partial charge is 0.191 e. The Hall–Kier alpha value is -1.10. The van der Waals surface area contributed by atoms with Gasteiger partial charge in [0.2, 0.25) is 0 Å². The molecular formula is C13H22N4S. The minimum Gasteiger partial charge on any atom is -0.356 e. The highest BCUT2D eigenvalue weighted by Gasteiger charge is 2.33. The predicted molar refractivity (Wildman–Crippen MR) is 77.4 cm³/mol. The molecule has 0 aromatic carbocycles. The number of nitrogens with zero attached hydrogens (tertiary/aromatic N) is 2. The van der Waals surface area contributed by atoms with Gasteiger partial charge in [0.15, 0.2) is 5.96 Å². The molecule has 4 nitrogen and oxygen atoms in total. The van der Waals surface area contributed by atoms with Crippen LogP contribution in [0.1, 0.15) is 28.9 Å². The number of nitrogens with one attached hydrogen (secondary N) is 2. The first-order valence-electron chi connectivity index (χ1n) is 6.50.